The molecular formula is C12H17NO3. The molecule has 0 saturated carbocycles. The van der Waals surface area contributed by atoms with Crippen molar-refractivity contribution in [2.24, 2.45) is 5.16 Å². The molecule has 0 heterocycles. The van der Waals surface area contributed by atoms with Crippen molar-refractivity contribution in [2.45, 2.75) is 13.3 Å². The van der Waals surface area contributed by atoms with E-state index in [4.69, 9.17) is 14.7 Å². The van der Waals surface area contributed by atoms with Crippen LogP contribution in [0.5, 0.6) is 5.75 Å². The molecule has 1 aromatic carbocycles. The first-order chi connectivity index (χ1) is 7.77. The first kappa shape index (κ1) is 12.5. The van der Waals surface area contributed by atoms with Gasteiger partial charge in [0.1, 0.15) is 5.75 Å². The van der Waals surface area contributed by atoms with E-state index in [1.165, 1.54) is 0 Å². The van der Waals surface area contributed by atoms with Gasteiger partial charge in [0, 0.05) is 20.1 Å². The molecule has 1 aromatic rings. The zero-order valence-electron chi connectivity index (χ0n) is 9.64. The first-order valence-corrected chi connectivity index (χ1v) is 5.18. The number of benzene rings is 1. The number of rotatable bonds is 6. The average molecular weight is 223 g/mol. The van der Waals surface area contributed by atoms with Crippen molar-refractivity contribution in [1.29, 1.82) is 0 Å². The summed E-state index contributed by atoms with van der Waals surface area (Å²) in [5.74, 6) is 0.811. The molecule has 0 atom stereocenters. The summed E-state index contributed by atoms with van der Waals surface area (Å²) in [5.41, 5.74) is 1.47. The third kappa shape index (κ3) is 3.90. The second-order valence-corrected chi connectivity index (χ2v) is 3.40. The predicted molar refractivity (Wildman–Crippen MR) is 62.4 cm³/mol. The predicted octanol–water partition coefficient (Wildman–Crippen LogP) is 2.30. The summed E-state index contributed by atoms with van der Waals surface area (Å²) in [4.78, 5) is 0. The molecule has 88 valence electrons. The molecule has 0 amide bonds. The molecular weight excluding hydrogens is 206 g/mol. The van der Waals surface area contributed by atoms with Crippen molar-refractivity contribution in [3.05, 3.63) is 29.8 Å². The maximum Gasteiger partial charge on any atom is 0.119 e. The smallest absolute Gasteiger partial charge is 0.119 e. The Kier molecular flexibility index (Phi) is 5.36. The van der Waals surface area contributed by atoms with Gasteiger partial charge >= 0.3 is 0 Å². The van der Waals surface area contributed by atoms with Gasteiger partial charge in [-0.15, -0.1) is 0 Å². The molecule has 0 aliphatic heterocycles. The van der Waals surface area contributed by atoms with Crippen LogP contribution in [-0.2, 0) is 4.74 Å². The highest BCUT2D eigenvalue weighted by Gasteiger charge is 1.98. The molecule has 0 aliphatic carbocycles. The minimum absolute atomic E-state index is 0.589. The highest BCUT2D eigenvalue weighted by molar-refractivity contribution is 5.98. The fraction of sp³-hybridized carbons (Fsp3) is 0.417. The van der Waals surface area contributed by atoms with Crippen LogP contribution in [0.4, 0.5) is 0 Å². The van der Waals surface area contributed by atoms with Crippen molar-refractivity contribution in [3.8, 4) is 5.75 Å². The third-order valence-electron chi connectivity index (χ3n) is 2.18. The van der Waals surface area contributed by atoms with E-state index in [1.54, 1.807) is 14.0 Å². The summed E-state index contributed by atoms with van der Waals surface area (Å²) < 4.78 is 10.4. The zero-order valence-corrected chi connectivity index (χ0v) is 9.64. The minimum atomic E-state index is 0.589. The third-order valence-corrected chi connectivity index (χ3v) is 2.18. The lowest BCUT2D eigenvalue weighted by Gasteiger charge is -2.06. The maximum absolute atomic E-state index is 8.60. The van der Waals surface area contributed by atoms with Gasteiger partial charge in [-0.1, -0.05) is 5.16 Å². The molecule has 0 aromatic heterocycles. The summed E-state index contributed by atoms with van der Waals surface area (Å²) in [6.07, 6.45) is 0.870. The molecule has 16 heavy (non-hydrogen) atoms. The standard InChI is InChI=1S/C12H17NO3/c1-10(13-14)11-4-6-12(7-5-11)16-9-3-8-15-2/h4-7,14H,3,8-9H2,1-2H3/b13-10+. The van der Waals surface area contributed by atoms with Crippen LogP contribution in [0, 0.1) is 0 Å². The molecule has 0 saturated heterocycles. The average Bonchev–Trinajstić information content (AvgIpc) is 2.34. The van der Waals surface area contributed by atoms with Crippen LogP contribution in [0.15, 0.2) is 29.4 Å². The molecule has 0 unspecified atom stereocenters. The minimum Gasteiger partial charge on any atom is -0.494 e. The van der Waals surface area contributed by atoms with Gasteiger partial charge in [0.15, 0.2) is 0 Å². The number of oxime groups is 1. The van der Waals surface area contributed by atoms with Crippen LogP contribution >= 0.6 is 0 Å². The number of methoxy groups -OCH3 is 1. The van der Waals surface area contributed by atoms with E-state index >= 15 is 0 Å². The number of nitrogens with zero attached hydrogens (tertiary/aromatic N) is 1. The van der Waals surface area contributed by atoms with Crippen molar-refractivity contribution in [3.63, 3.8) is 0 Å². The fourth-order valence-corrected chi connectivity index (χ4v) is 1.24. The van der Waals surface area contributed by atoms with Crippen molar-refractivity contribution >= 4 is 5.71 Å². The lowest BCUT2D eigenvalue weighted by atomic mass is 10.1. The molecule has 0 aliphatic rings. The molecule has 4 nitrogen and oxygen atoms in total. The normalized spacial score (nSPS) is 11.5. The van der Waals surface area contributed by atoms with E-state index < -0.39 is 0 Å². The summed E-state index contributed by atoms with van der Waals surface area (Å²) in [6.45, 7) is 3.09. The summed E-state index contributed by atoms with van der Waals surface area (Å²) in [6, 6.07) is 7.44. The van der Waals surface area contributed by atoms with E-state index in [0.29, 0.717) is 18.9 Å². The van der Waals surface area contributed by atoms with Crippen LogP contribution in [-0.4, -0.2) is 31.2 Å². The Bertz CT molecular complexity index is 333. The number of hydrogen-bond acceptors (Lipinski definition) is 4. The Labute approximate surface area is 95.5 Å². The van der Waals surface area contributed by atoms with Crippen LogP contribution in [0.3, 0.4) is 0 Å². The van der Waals surface area contributed by atoms with Crippen LogP contribution in [0.25, 0.3) is 0 Å². The molecule has 0 fully saturated rings. The van der Waals surface area contributed by atoms with Crippen LogP contribution < -0.4 is 4.74 Å². The monoisotopic (exact) mass is 223 g/mol. The second kappa shape index (κ2) is 6.85. The van der Waals surface area contributed by atoms with Crippen molar-refractivity contribution in [2.75, 3.05) is 20.3 Å². The zero-order chi connectivity index (χ0) is 11.8. The number of ether oxygens (including phenoxy) is 2. The van der Waals surface area contributed by atoms with Gasteiger partial charge in [-0.2, -0.15) is 0 Å². The SMILES string of the molecule is COCCCOc1ccc(/C(C)=N/O)cc1. The van der Waals surface area contributed by atoms with Crippen LogP contribution in [0.1, 0.15) is 18.9 Å². The van der Waals surface area contributed by atoms with E-state index in [2.05, 4.69) is 5.16 Å². The van der Waals surface area contributed by atoms with Gasteiger partial charge in [0.05, 0.1) is 12.3 Å². The topological polar surface area (TPSA) is 51.0 Å². The summed E-state index contributed by atoms with van der Waals surface area (Å²) >= 11 is 0. The van der Waals surface area contributed by atoms with Crippen LogP contribution in [0.2, 0.25) is 0 Å². The fourth-order valence-electron chi connectivity index (χ4n) is 1.24. The van der Waals surface area contributed by atoms with Gasteiger partial charge < -0.3 is 14.7 Å². The maximum atomic E-state index is 8.60. The Morgan fingerprint density at radius 3 is 2.50 bits per heavy atom. The van der Waals surface area contributed by atoms with Gasteiger partial charge in [-0.25, -0.2) is 0 Å². The number of hydrogen-bond donors (Lipinski definition) is 1. The van der Waals surface area contributed by atoms with Crippen molar-refractivity contribution < 1.29 is 14.7 Å². The van der Waals surface area contributed by atoms with E-state index in [1.807, 2.05) is 24.3 Å². The largest absolute Gasteiger partial charge is 0.494 e. The van der Waals surface area contributed by atoms with Gasteiger partial charge in [-0.05, 0) is 36.8 Å². The summed E-state index contributed by atoms with van der Waals surface area (Å²) in [5, 5.41) is 11.7. The van der Waals surface area contributed by atoms with E-state index in [0.717, 1.165) is 17.7 Å². The molecule has 4 heteroatoms. The van der Waals surface area contributed by atoms with Gasteiger partial charge in [-0.3, -0.25) is 0 Å². The summed E-state index contributed by atoms with van der Waals surface area (Å²) in [7, 11) is 1.67. The molecule has 0 bridgehead atoms. The van der Waals surface area contributed by atoms with E-state index in [-0.39, 0.29) is 0 Å². The first-order valence-electron chi connectivity index (χ1n) is 5.18. The Morgan fingerprint density at radius 2 is 1.94 bits per heavy atom. The Morgan fingerprint density at radius 1 is 1.25 bits per heavy atom. The second-order valence-electron chi connectivity index (χ2n) is 3.40. The van der Waals surface area contributed by atoms with Gasteiger partial charge in [0.2, 0.25) is 0 Å². The van der Waals surface area contributed by atoms with Crippen molar-refractivity contribution in [1.82, 2.24) is 0 Å². The quantitative estimate of drug-likeness (QED) is 0.348. The van der Waals surface area contributed by atoms with Gasteiger partial charge in [0.25, 0.3) is 0 Å². The highest BCUT2D eigenvalue weighted by atomic mass is 16.5. The highest BCUT2D eigenvalue weighted by Crippen LogP contribution is 2.13. The lowest BCUT2D eigenvalue weighted by Crippen LogP contribution is -2.01. The Hall–Kier alpha value is -1.55. The van der Waals surface area contributed by atoms with E-state index in [9.17, 15) is 0 Å². The molecule has 1 rings (SSSR count). The Balaban J connectivity index is 2.45. The molecule has 0 radical (unpaired) electrons. The lowest BCUT2D eigenvalue weighted by molar-refractivity contribution is 0.172. The molecule has 0 spiro atoms. The molecule has 1 N–H and O–H groups in total.